The Balaban J connectivity index is 4.75. The molecule has 0 radical (unpaired) electrons. The van der Waals surface area contributed by atoms with Gasteiger partial charge in [0.25, 0.3) is 0 Å². The van der Waals surface area contributed by atoms with E-state index in [9.17, 15) is 19.5 Å². The van der Waals surface area contributed by atoms with Crippen LogP contribution in [0, 0.1) is 0 Å². The summed E-state index contributed by atoms with van der Waals surface area (Å²) in [4.78, 5) is 37.7. The molecule has 8 nitrogen and oxygen atoms in total. The molecule has 0 rings (SSSR count). The number of carbonyl (C=O) groups is 3. The van der Waals surface area contributed by atoms with Gasteiger partial charge in [-0.15, -0.1) is 18.2 Å². The van der Waals surface area contributed by atoms with E-state index in [1.807, 2.05) is 0 Å². The minimum Gasteiger partial charge on any atom is -0.481 e. The molecule has 0 amide bonds. The summed E-state index contributed by atoms with van der Waals surface area (Å²) in [5, 5.41) is 28.1. The third-order valence-corrected chi connectivity index (χ3v) is 2.17. The molecule has 8 heteroatoms. The Hall–Kier alpha value is -2.19. The molecule has 0 heterocycles. The minimum absolute atomic E-state index is 0.169. The molecule has 0 aliphatic heterocycles. The Labute approximate surface area is 115 Å². The fraction of sp³-hybridized carbons (Fsp3) is 0.417. The molecule has 20 heavy (non-hydrogen) atoms. The summed E-state index contributed by atoms with van der Waals surface area (Å²) in [6.07, 6.45) is 0.786. The van der Waals surface area contributed by atoms with Gasteiger partial charge in [0.15, 0.2) is 5.60 Å². The highest BCUT2D eigenvalue weighted by atomic mass is 16.7. The highest BCUT2D eigenvalue weighted by Crippen LogP contribution is 2.17. The number of carboxylic acid groups (broad SMARTS) is 2. The Bertz CT molecular complexity index is 397. The van der Waals surface area contributed by atoms with Gasteiger partial charge < -0.3 is 20.2 Å². The van der Waals surface area contributed by atoms with Crippen molar-refractivity contribution in [2.75, 3.05) is 13.1 Å². The molecule has 0 saturated carbocycles. The summed E-state index contributed by atoms with van der Waals surface area (Å²) >= 11 is 0. The summed E-state index contributed by atoms with van der Waals surface area (Å²) in [5.41, 5.74) is -2.71. The molecule has 1 unspecified atom stereocenters. The smallest absolute Gasteiger partial charge is 0.336 e. The van der Waals surface area contributed by atoms with Gasteiger partial charge in [0, 0.05) is 0 Å². The second kappa shape index (κ2) is 8.08. The van der Waals surface area contributed by atoms with Gasteiger partial charge >= 0.3 is 17.9 Å². The van der Waals surface area contributed by atoms with E-state index in [1.165, 1.54) is 12.2 Å². The summed E-state index contributed by atoms with van der Waals surface area (Å²) < 4.78 is 0. The standard InChI is InChI=1S/C12H17NO7/c1-3-5-13(6-4-2)20-10(16)8-12(19,11(17)18)7-9(14)15/h3-4,19H,1-2,5-8H2,(H,14,15)(H,17,18). The third-order valence-electron chi connectivity index (χ3n) is 2.17. The normalized spacial score (nSPS) is 13.3. The number of hydroxylamine groups is 2. The molecule has 0 aliphatic carbocycles. The van der Waals surface area contributed by atoms with Crippen molar-refractivity contribution in [3.05, 3.63) is 25.3 Å². The van der Waals surface area contributed by atoms with E-state index in [0.29, 0.717) is 0 Å². The third kappa shape index (κ3) is 6.12. The van der Waals surface area contributed by atoms with Gasteiger partial charge in [-0.3, -0.25) is 9.59 Å². The Morgan fingerprint density at radius 3 is 1.95 bits per heavy atom. The molecule has 0 spiro atoms. The number of rotatable bonds is 10. The average Bonchev–Trinajstić information content (AvgIpc) is 2.27. The monoisotopic (exact) mass is 287 g/mol. The van der Waals surface area contributed by atoms with Crippen LogP contribution in [-0.4, -0.2) is 57.0 Å². The van der Waals surface area contributed by atoms with Crippen molar-refractivity contribution < 1.29 is 34.5 Å². The number of hydrogen-bond acceptors (Lipinski definition) is 6. The van der Waals surface area contributed by atoms with Crippen LogP contribution < -0.4 is 0 Å². The fourth-order valence-electron chi connectivity index (χ4n) is 1.32. The average molecular weight is 287 g/mol. The molecule has 0 bridgehead atoms. The molecule has 0 aliphatic rings. The van der Waals surface area contributed by atoms with Crippen molar-refractivity contribution in [2.24, 2.45) is 0 Å². The molecule has 112 valence electrons. The van der Waals surface area contributed by atoms with Crippen LogP contribution in [0.15, 0.2) is 25.3 Å². The first-order valence-electron chi connectivity index (χ1n) is 5.60. The van der Waals surface area contributed by atoms with Gasteiger partial charge in [-0.2, -0.15) is 0 Å². The van der Waals surface area contributed by atoms with Crippen molar-refractivity contribution in [2.45, 2.75) is 18.4 Å². The van der Waals surface area contributed by atoms with Crippen LogP contribution in [0.3, 0.4) is 0 Å². The number of carbonyl (C=O) groups excluding carboxylic acids is 1. The SMILES string of the molecule is C=CCN(CC=C)OC(=O)CC(O)(CC(=O)O)C(=O)O. The fourth-order valence-corrected chi connectivity index (χ4v) is 1.32. The summed E-state index contributed by atoms with van der Waals surface area (Å²) in [6, 6.07) is 0. The van der Waals surface area contributed by atoms with Gasteiger partial charge in [-0.05, 0) is 0 Å². The summed E-state index contributed by atoms with van der Waals surface area (Å²) in [7, 11) is 0. The second-order valence-corrected chi connectivity index (χ2v) is 3.97. The first kappa shape index (κ1) is 17.8. The zero-order valence-electron chi connectivity index (χ0n) is 10.8. The quantitative estimate of drug-likeness (QED) is 0.372. The van der Waals surface area contributed by atoms with Crippen molar-refractivity contribution in [1.82, 2.24) is 5.06 Å². The molecule has 3 N–H and O–H groups in total. The van der Waals surface area contributed by atoms with Gasteiger partial charge in [-0.1, -0.05) is 12.2 Å². The summed E-state index contributed by atoms with van der Waals surface area (Å²) in [5.74, 6) is -4.42. The van der Waals surface area contributed by atoms with E-state index in [0.717, 1.165) is 5.06 Å². The lowest BCUT2D eigenvalue weighted by Crippen LogP contribution is -2.44. The Morgan fingerprint density at radius 1 is 1.10 bits per heavy atom. The van der Waals surface area contributed by atoms with E-state index in [-0.39, 0.29) is 13.1 Å². The Morgan fingerprint density at radius 2 is 1.60 bits per heavy atom. The van der Waals surface area contributed by atoms with Crippen molar-refractivity contribution in [3.8, 4) is 0 Å². The molecule has 0 aromatic carbocycles. The van der Waals surface area contributed by atoms with Gasteiger partial charge in [0.1, 0.15) is 0 Å². The van der Waals surface area contributed by atoms with Crippen LogP contribution in [0.4, 0.5) is 0 Å². The van der Waals surface area contributed by atoms with Crippen LogP contribution in [0.1, 0.15) is 12.8 Å². The zero-order chi connectivity index (χ0) is 15.8. The van der Waals surface area contributed by atoms with Gasteiger partial charge in [0.2, 0.25) is 0 Å². The van der Waals surface area contributed by atoms with Gasteiger partial charge in [-0.25, -0.2) is 4.79 Å². The lowest BCUT2D eigenvalue weighted by Gasteiger charge is -2.23. The molecular formula is C12H17NO7. The van der Waals surface area contributed by atoms with Crippen LogP contribution in [0.2, 0.25) is 0 Å². The number of carboxylic acids is 2. The van der Waals surface area contributed by atoms with E-state index in [2.05, 4.69) is 13.2 Å². The number of nitrogens with zero attached hydrogens (tertiary/aromatic N) is 1. The maximum atomic E-state index is 11.6. The minimum atomic E-state index is -2.71. The van der Waals surface area contributed by atoms with Crippen LogP contribution in [0.25, 0.3) is 0 Å². The number of aliphatic carboxylic acids is 2. The first-order chi connectivity index (χ1) is 9.25. The van der Waals surface area contributed by atoms with E-state index < -0.39 is 36.4 Å². The molecule has 0 fully saturated rings. The Kier molecular flexibility index (Phi) is 7.19. The van der Waals surface area contributed by atoms with E-state index in [1.54, 1.807) is 0 Å². The van der Waals surface area contributed by atoms with Crippen molar-refractivity contribution in [3.63, 3.8) is 0 Å². The van der Waals surface area contributed by atoms with E-state index in [4.69, 9.17) is 15.1 Å². The highest BCUT2D eigenvalue weighted by Gasteiger charge is 2.41. The summed E-state index contributed by atoms with van der Waals surface area (Å²) in [6.45, 7) is 7.23. The van der Waals surface area contributed by atoms with Crippen molar-refractivity contribution in [1.29, 1.82) is 0 Å². The van der Waals surface area contributed by atoms with Crippen molar-refractivity contribution >= 4 is 17.9 Å². The molecule has 0 aromatic heterocycles. The maximum Gasteiger partial charge on any atom is 0.336 e. The second-order valence-electron chi connectivity index (χ2n) is 3.97. The van der Waals surface area contributed by atoms with Crippen LogP contribution in [0.5, 0.6) is 0 Å². The van der Waals surface area contributed by atoms with Crippen LogP contribution in [-0.2, 0) is 19.2 Å². The largest absolute Gasteiger partial charge is 0.481 e. The lowest BCUT2D eigenvalue weighted by molar-refractivity contribution is -0.195. The number of hydrogen-bond donors (Lipinski definition) is 3. The lowest BCUT2D eigenvalue weighted by atomic mass is 9.96. The highest BCUT2D eigenvalue weighted by molar-refractivity contribution is 5.88. The molecule has 0 saturated heterocycles. The van der Waals surface area contributed by atoms with Crippen LogP contribution >= 0.6 is 0 Å². The first-order valence-corrected chi connectivity index (χ1v) is 5.60. The number of aliphatic hydroxyl groups is 1. The maximum absolute atomic E-state index is 11.6. The zero-order valence-corrected chi connectivity index (χ0v) is 10.8. The molecule has 0 aromatic rings. The predicted molar refractivity (Wildman–Crippen MR) is 67.5 cm³/mol. The predicted octanol–water partition coefficient (Wildman–Crippen LogP) is -0.201. The molecule has 1 atom stereocenters. The topological polar surface area (TPSA) is 124 Å². The van der Waals surface area contributed by atoms with E-state index >= 15 is 0 Å². The molecular weight excluding hydrogens is 270 g/mol. The van der Waals surface area contributed by atoms with Gasteiger partial charge in [0.05, 0.1) is 25.9 Å².